The summed E-state index contributed by atoms with van der Waals surface area (Å²) in [4.78, 5) is 7.80. The lowest BCUT2D eigenvalue weighted by molar-refractivity contribution is 0.0949. The maximum atomic E-state index is 8.72. The van der Waals surface area contributed by atoms with Crippen LogP contribution in [0.4, 0.5) is 0 Å². The first kappa shape index (κ1) is 8.91. The Labute approximate surface area is 81.5 Å². The molecule has 5 heteroatoms. The zero-order chi connectivity index (χ0) is 9.97. The highest BCUT2D eigenvalue weighted by Gasteiger charge is 2.28. The molecule has 1 heterocycles. The Morgan fingerprint density at radius 1 is 1.43 bits per heavy atom. The molecule has 1 saturated carbocycles. The minimum absolute atomic E-state index is 0.0915. The second kappa shape index (κ2) is 3.60. The Kier molecular flexibility index (Phi) is 2.29. The predicted octanol–water partition coefficient (Wildman–Crippen LogP) is 0.217. The third-order valence-electron chi connectivity index (χ3n) is 2.18. The van der Waals surface area contributed by atoms with E-state index in [-0.39, 0.29) is 17.8 Å². The van der Waals surface area contributed by atoms with Crippen molar-refractivity contribution < 1.29 is 4.74 Å². The van der Waals surface area contributed by atoms with Crippen molar-refractivity contribution in [1.82, 2.24) is 9.97 Å². The summed E-state index contributed by atoms with van der Waals surface area (Å²) in [5, 5.41) is 8.72. The van der Waals surface area contributed by atoms with Gasteiger partial charge in [0.2, 0.25) is 5.69 Å². The lowest BCUT2D eigenvalue weighted by atomic mass is 9.90. The normalized spacial score (nSPS) is 24.9. The number of nitrogens with two attached hydrogens (primary N) is 1. The largest absolute Gasteiger partial charge is 0.472 e. The van der Waals surface area contributed by atoms with Gasteiger partial charge in [-0.15, -0.1) is 0 Å². The van der Waals surface area contributed by atoms with Crippen LogP contribution in [-0.2, 0) is 0 Å². The van der Waals surface area contributed by atoms with E-state index >= 15 is 0 Å². The van der Waals surface area contributed by atoms with E-state index in [1.165, 1.54) is 12.4 Å². The summed E-state index contributed by atoms with van der Waals surface area (Å²) in [6.07, 6.45) is 4.71. The highest BCUT2D eigenvalue weighted by Crippen LogP contribution is 2.24. The molecule has 72 valence electrons. The number of nitriles is 1. The van der Waals surface area contributed by atoms with Gasteiger partial charge in [0.1, 0.15) is 12.2 Å². The number of aromatic nitrogens is 2. The van der Waals surface area contributed by atoms with Crippen molar-refractivity contribution in [1.29, 1.82) is 5.26 Å². The average Bonchev–Trinajstić information content (AvgIpc) is 2.16. The molecule has 1 aromatic rings. The summed E-state index contributed by atoms with van der Waals surface area (Å²) in [5.41, 5.74) is 5.84. The minimum Gasteiger partial charge on any atom is -0.472 e. The molecule has 0 radical (unpaired) electrons. The van der Waals surface area contributed by atoms with Gasteiger partial charge in [-0.25, -0.2) is 9.97 Å². The second-order valence-electron chi connectivity index (χ2n) is 3.29. The number of nitrogens with zero attached hydrogens (tertiary/aromatic N) is 3. The van der Waals surface area contributed by atoms with Crippen LogP contribution in [-0.4, -0.2) is 22.1 Å². The monoisotopic (exact) mass is 190 g/mol. The van der Waals surface area contributed by atoms with Crippen molar-refractivity contribution in [3.63, 3.8) is 0 Å². The highest BCUT2D eigenvalue weighted by atomic mass is 16.5. The van der Waals surface area contributed by atoms with Gasteiger partial charge >= 0.3 is 0 Å². The lowest BCUT2D eigenvalue weighted by Gasteiger charge is -2.32. The summed E-state index contributed by atoms with van der Waals surface area (Å²) >= 11 is 0. The molecule has 0 atom stereocenters. The zero-order valence-corrected chi connectivity index (χ0v) is 7.55. The first-order valence-electron chi connectivity index (χ1n) is 4.43. The fraction of sp³-hybridized carbons (Fsp3) is 0.444. The first-order chi connectivity index (χ1) is 6.79. The molecule has 0 unspecified atom stereocenters. The van der Waals surface area contributed by atoms with E-state index < -0.39 is 0 Å². The molecule has 0 saturated heterocycles. The maximum absolute atomic E-state index is 8.72. The van der Waals surface area contributed by atoms with Crippen LogP contribution in [0.1, 0.15) is 18.5 Å². The molecule has 2 N–H and O–H groups in total. The van der Waals surface area contributed by atoms with Crippen LogP contribution in [0, 0.1) is 11.3 Å². The molecule has 1 aliphatic rings. The zero-order valence-electron chi connectivity index (χ0n) is 7.55. The molecule has 2 rings (SSSR count). The Bertz CT molecular complexity index is 367. The first-order valence-corrected chi connectivity index (χ1v) is 4.43. The Morgan fingerprint density at radius 3 is 2.79 bits per heavy atom. The van der Waals surface area contributed by atoms with E-state index in [2.05, 4.69) is 9.97 Å². The topological polar surface area (TPSA) is 84.8 Å². The van der Waals surface area contributed by atoms with Crippen molar-refractivity contribution in [3.8, 4) is 11.9 Å². The summed E-state index contributed by atoms with van der Waals surface area (Å²) < 4.78 is 5.47. The van der Waals surface area contributed by atoms with Gasteiger partial charge in [-0.2, -0.15) is 5.26 Å². The average molecular weight is 190 g/mol. The summed E-state index contributed by atoms with van der Waals surface area (Å²) in [5.74, 6) is 0.312. The van der Waals surface area contributed by atoms with Gasteiger partial charge in [0, 0.05) is 18.4 Å². The van der Waals surface area contributed by atoms with Crippen LogP contribution >= 0.6 is 0 Å². The smallest absolute Gasteiger partial charge is 0.251 e. The van der Waals surface area contributed by atoms with Crippen molar-refractivity contribution in [2.24, 2.45) is 5.73 Å². The molecule has 0 aliphatic heterocycles. The Balaban J connectivity index is 2.06. The summed E-state index contributed by atoms with van der Waals surface area (Å²) in [7, 11) is 0. The summed E-state index contributed by atoms with van der Waals surface area (Å²) in [6, 6.07) is 2.15. The van der Waals surface area contributed by atoms with Crippen LogP contribution in [0.15, 0.2) is 12.4 Å². The van der Waals surface area contributed by atoms with Crippen molar-refractivity contribution >= 4 is 0 Å². The van der Waals surface area contributed by atoms with E-state index in [4.69, 9.17) is 15.7 Å². The van der Waals surface area contributed by atoms with Crippen molar-refractivity contribution in [2.75, 3.05) is 0 Å². The van der Waals surface area contributed by atoms with Gasteiger partial charge < -0.3 is 10.5 Å². The van der Waals surface area contributed by atoms with Crippen LogP contribution in [0.5, 0.6) is 5.88 Å². The Hall–Kier alpha value is -1.67. The van der Waals surface area contributed by atoms with E-state index in [1.807, 2.05) is 6.07 Å². The maximum Gasteiger partial charge on any atom is 0.251 e. The third kappa shape index (κ3) is 1.65. The molecule has 0 aromatic carbocycles. The van der Waals surface area contributed by atoms with Crippen LogP contribution in [0.2, 0.25) is 0 Å². The van der Waals surface area contributed by atoms with E-state index in [0.29, 0.717) is 5.88 Å². The number of hydrogen-bond acceptors (Lipinski definition) is 5. The SMILES string of the molecule is N#Cc1nccnc1OC1CC(N)C1. The quantitative estimate of drug-likeness (QED) is 0.720. The minimum atomic E-state index is 0.0915. The molecule has 1 fully saturated rings. The fourth-order valence-electron chi connectivity index (χ4n) is 1.35. The predicted molar refractivity (Wildman–Crippen MR) is 48.4 cm³/mol. The molecule has 5 nitrogen and oxygen atoms in total. The van der Waals surface area contributed by atoms with Crippen LogP contribution < -0.4 is 10.5 Å². The fourth-order valence-corrected chi connectivity index (χ4v) is 1.35. The van der Waals surface area contributed by atoms with Crippen LogP contribution in [0.25, 0.3) is 0 Å². The molecule has 0 bridgehead atoms. The molecule has 1 aromatic heterocycles. The highest BCUT2D eigenvalue weighted by molar-refractivity contribution is 5.30. The number of ether oxygens (including phenoxy) is 1. The van der Waals surface area contributed by atoms with Gasteiger partial charge in [-0.1, -0.05) is 0 Å². The number of hydrogen-bond donors (Lipinski definition) is 1. The van der Waals surface area contributed by atoms with Crippen LogP contribution in [0.3, 0.4) is 0 Å². The molecular formula is C9H10N4O. The summed E-state index contributed by atoms with van der Waals surface area (Å²) in [6.45, 7) is 0. The van der Waals surface area contributed by atoms with E-state index in [0.717, 1.165) is 12.8 Å². The van der Waals surface area contributed by atoms with Gasteiger partial charge in [-0.3, -0.25) is 0 Å². The molecular weight excluding hydrogens is 180 g/mol. The molecule has 0 amide bonds. The van der Waals surface area contributed by atoms with Gasteiger partial charge in [0.05, 0.1) is 0 Å². The molecule has 1 aliphatic carbocycles. The van der Waals surface area contributed by atoms with Crippen molar-refractivity contribution in [2.45, 2.75) is 25.0 Å². The Morgan fingerprint density at radius 2 is 2.14 bits per heavy atom. The molecule has 14 heavy (non-hydrogen) atoms. The number of rotatable bonds is 2. The van der Waals surface area contributed by atoms with Gasteiger partial charge in [0.15, 0.2) is 0 Å². The second-order valence-corrected chi connectivity index (χ2v) is 3.29. The molecule has 0 spiro atoms. The standard InChI is InChI=1S/C9H10N4O/c10-5-8-9(13-2-1-12-8)14-7-3-6(11)4-7/h1-2,6-7H,3-4,11H2. The lowest BCUT2D eigenvalue weighted by Crippen LogP contribution is -2.43. The van der Waals surface area contributed by atoms with Gasteiger partial charge in [0.25, 0.3) is 5.88 Å². The van der Waals surface area contributed by atoms with Crippen molar-refractivity contribution in [3.05, 3.63) is 18.1 Å². The van der Waals surface area contributed by atoms with Gasteiger partial charge in [-0.05, 0) is 12.8 Å². The van der Waals surface area contributed by atoms with E-state index in [1.54, 1.807) is 0 Å². The van der Waals surface area contributed by atoms with E-state index in [9.17, 15) is 0 Å². The third-order valence-corrected chi connectivity index (χ3v) is 2.18.